The molecule has 5 heteroatoms. The maximum atomic E-state index is 12.5. The molecule has 1 aliphatic heterocycles. The lowest BCUT2D eigenvalue weighted by molar-refractivity contribution is -0.125. The highest BCUT2D eigenvalue weighted by atomic mass is 35.5. The summed E-state index contributed by atoms with van der Waals surface area (Å²) in [5.41, 5.74) is 0.472. The number of rotatable bonds is 6. The van der Waals surface area contributed by atoms with E-state index in [1.807, 2.05) is 6.92 Å². The largest absolute Gasteiger partial charge is 0.303 e. The summed E-state index contributed by atoms with van der Waals surface area (Å²) in [6, 6.07) is 6.64. The molecular weight excluding hydrogens is 290 g/mol. The number of anilines is 1. The zero-order valence-electron chi connectivity index (χ0n) is 11.9. The lowest BCUT2D eigenvalue weighted by Crippen LogP contribution is -2.32. The smallest absolute Gasteiger partial charge is 0.238 e. The molecule has 0 aromatic heterocycles. The van der Waals surface area contributed by atoms with Gasteiger partial charge in [0.15, 0.2) is 0 Å². The molecule has 2 amide bonds. The van der Waals surface area contributed by atoms with Crippen LogP contribution in [0.15, 0.2) is 24.3 Å². The zero-order chi connectivity index (χ0) is 15.4. The molecule has 0 saturated carbocycles. The standard InChI is InChI=1S/C16H18ClNO3/c1-2-3-5-11(10-19)14-9-15(20)18(16(14)21)13-7-4-6-12(17)8-13/h4,6-8,10-11,14H,2-3,5,9H2,1H3. The quantitative estimate of drug-likeness (QED) is 0.599. The van der Waals surface area contributed by atoms with Crippen LogP contribution in [-0.4, -0.2) is 18.1 Å². The van der Waals surface area contributed by atoms with Gasteiger partial charge in [-0.15, -0.1) is 0 Å². The number of benzene rings is 1. The molecule has 0 aliphatic carbocycles. The van der Waals surface area contributed by atoms with Crippen molar-refractivity contribution in [2.45, 2.75) is 32.6 Å². The highest BCUT2D eigenvalue weighted by Gasteiger charge is 2.43. The minimum absolute atomic E-state index is 0.0957. The molecule has 2 unspecified atom stereocenters. The molecular formula is C16H18ClNO3. The molecule has 1 aliphatic rings. The number of aldehydes is 1. The maximum absolute atomic E-state index is 12.5. The SMILES string of the molecule is CCCCC(C=O)C1CC(=O)N(c2cccc(Cl)c2)C1=O. The minimum atomic E-state index is -0.541. The van der Waals surface area contributed by atoms with E-state index >= 15 is 0 Å². The second kappa shape index (κ2) is 6.85. The van der Waals surface area contributed by atoms with Gasteiger partial charge in [0.25, 0.3) is 0 Å². The highest BCUT2D eigenvalue weighted by molar-refractivity contribution is 6.31. The van der Waals surface area contributed by atoms with Gasteiger partial charge in [0.2, 0.25) is 11.8 Å². The maximum Gasteiger partial charge on any atom is 0.238 e. The summed E-state index contributed by atoms with van der Waals surface area (Å²) in [6.07, 6.45) is 3.38. The molecule has 2 rings (SSSR count). The Bertz CT molecular complexity index is 558. The van der Waals surface area contributed by atoms with Crippen molar-refractivity contribution in [2.24, 2.45) is 11.8 Å². The second-order valence-corrected chi connectivity index (χ2v) is 5.74. The van der Waals surface area contributed by atoms with E-state index in [4.69, 9.17) is 11.6 Å². The molecule has 0 N–H and O–H groups in total. The third-order valence-electron chi connectivity index (χ3n) is 3.83. The summed E-state index contributed by atoms with van der Waals surface area (Å²) in [4.78, 5) is 37.0. The number of imide groups is 1. The second-order valence-electron chi connectivity index (χ2n) is 5.30. The molecule has 0 spiro atoms. The summed E-state index contributed by atoms with van der Waals surface area (Å²) in [5, 5.41) is 0.467. The normalized spacial score (nSPS) is 19.9. The average Bonchev–Trinajstić information content (AvgIpc) is 2.75. The monoisotopic (exact) mass is 307 g/mol. The van der Waals surface area contributed by atoms with Crippen LogP contribution >= 0.6 is 11.6 Å². The van der Waals surface area contributed by atoms with Crippen molar-refractivity contribution in [3.8, 4) is 0 Å². The third-order valence-corrected chi connectivity index (χ3v) is 4.07. The van der Waals surface area contributed by atoms with Crippen LogP contribution in [0.2, 0.25) is 5.02 Å². The van der Waals surface area contributed by atoms with Crippen molar-refractivity contribution < 1.29 is 14.4 Å². The fraction of sp³-hybridized carbons (Fsp3) is 0.438. The van der Waals surface area contributed by atoms with Crippen LogP contribution in [0.1, 0.15) is 32.6 Å². The molecule has 0 radical (unpaired) electrons. The average molecular weight is 308 g/mol. The molecule has 1 saturated heterocycles. The Kier molecular flexibility index (Phi) is 5.12. The molecule has 21 heavy (non-hydrogen) atoms. The number of amides is 2. The number of halogens is 1. The fourth-order valence-electron chi connectivity index (χ4n) is 2.68. The van der Waals surface area contributed by atoms with Crippen molar-refractivity contribution in [3.63, 3.8) is 0 Å². The van der Waals surface area contributed by atoms with Crippen LogP contribution in [0.4, 0.5) is 5.69 Å². The number of carbonyl (C=O) groups is 3. The van der Waals surface area contributed by atoms with E-state index in [2.05, 4.69) is 0 Å². The summed E-state index contributed by atoms with van der Waals surface area (Å²) in [5.74, 6) is -1.49. The Morgan fingerprint density at radius 2 is 2.19 bits per heavy atom. The first kappa shape index (κ1) is 15.7. The molecule has 0 bridgehead atoms. The first-order valence-corrected chi connectivity index (χ1v) is 7.54. The Labute approximate surface area is 129 Å². The summed E-state index contributed by atoms with van der Waals surface area (Å²) < 4.78 is 0. The predicted octanol–water partition coefficient (Wildman–Crippen LogP) is 3.22. The van der Waals surface area contributed by atoms with E-state index in [9.17, 15) is 14.4 Å². The van der Waals surface area contributed by atoms with E-state index in [1.54, 1.807) is 24.3 Å². The highest BCUT2D eigenvalue weighted by Crippen LogP contribution is 2.33. The van der Waals surface area contributed by atoms with Crippen LogP contribution in [0.5, 0.6) is 0 Å². The lowest BCUT2D eigenvalue weighted by atomic mass is 9.88. The van der Waals surface area contributed by atoms with Gasteiger partial charge in [0, 0.05) is 17.4 Å². The molecule has 1 fully saturated rings. The Morgan fingerprint density at radius 1 is 1.43 bits per heavy atom. The van der Waals surface area contributed by atoms with Gasteiger partial charge >= 0.3 is 0 Å². The first-order chi connectivity index (χ1) is 10.1. The molecule has 1 heterocycles. The van der Waals surface area contributed by atoms with Crippen molar-refractivity contribution in [1.29, 1.82) is 0 Å². The van der Waals surface area contributed by atoms with Crippen molar-refractivity contribution >= 4 is 35.4 Å². The number of hydrogen-bond acceptors (Lipinski definition) is 3. The molecule has 1 aromatic carbocycles. The van der Waals surface area contributed by atoms with Crippen LogP contribution in [-0.2, 0) is 14.4 Å². The van der Waals surface area contributed by atoms with E-state index in [-0.39, 0.29) is 24.2 Å². The van der Waals surface area contributed by atoms with Gasteiger partial charge in [-0.2, -0.15) is 0 Å². The lowest BCUT2D eigenvalue weighted by Gasteiger charge is -2.18. The van der Waals surface area contributed by atoms with Gasteiger partial charge in [-0.1, -0.05) is 37.4 Å². The topological polar surface area (TPSA) is 54.5 Å². The van der Waals surface area contributed by atoms with Crippen LogP contribution < -0.4 is 4.90 Å². The van der Waals surface area contributed by atoms with Crippen LogP contribution in [0.3, 0.4) is 0 Å². The molecule has 1 aromatic rings. The summed E-state index contributed by atoms with van der Waals surface area (Å²) >= 11 is 5.91. The van der Waals surface area contributed by atoms with Gasteiger partial charge in [-0.05, 0) is 24.6 Å². The Balaban J connectivity index is 2.21. The minimum Gasteiger partial charge on any atom is -0.303 e. The Morgan fingerprint density at radius 3 is 2.81 bits per heavy atom. The predicted molar refractivity (Wildman–Crippen MR) is 81.1 cm³/mol. The van der Waals surface area contributed by atoms with Crippen molar-refractivity contribution in [3.05, 3.63) is 29.3 Å². The van der Waals surface area contributed by atoms with E-state index < -0.39 is 5.92 Å². The van der Waals surface area contributed by atoms with E-state index in [0.29, 0.717) is 17.1 Å². The van der Waals surface area contributed by atoms with Crippen molar-refractivity contribution in [1.82, 2.24) is 0 Å². The van der Waals surface area contributed by atoms with E-state index in [1.165, 1.54) is 0 Å². The zero-order valence-corrected chi connectivity index (χ0v) is 12.7. The number of unbranched alkanes of at least 4 members (excludes halogenated alkanes) is 1. The summed E-state index contributed by atoms with van der Waals surface area (Å²) in [7, 11) is 0. The summed E-state index contributed by atoms with van der Waals surface area (Å²) in [6.45, 7) is 2.03. The van der Waals surface area contributed by atoms with Gasteiger partial charge in [-0.3, -0.25) is 14.5 Å². The Hall–Kier alpha value is -1.68. The van der Waals surface area contributed by atoms with Gasteiger partial charge < -0.3 is 4.79 Å². The third kappa shape index (κ3) is 3.32. The number of nitrogens with zero attached hydrogens (tertiary/aromatic N) is 1. The number of carbonyl (C=O) groups excluding carboxylic acids is 3. The van der Waals surface area contributed by atoms with Gasteiger partial charge in [0.05, 0.1) is 11.6 Å². The van der Waals surface area contributed by atoms with Crippen LogP contribution in [0.25, 0.3) is 0 Å². The molecule has 112 valence electrons. The number of hydrogen-bond donors (Lipinski definition) is 0. The van der Waals surface area contributed by atoms with Gasteiger partial charge in [-0.25, -0.2) is 0 Å². The molecule has 2 atom stereocenters. The molecule has 4 nitrogen and oxygen atoms in total. The first-order valence-electron chi connectivity index (χ1n) is 7.16. The van der Waals surface area contributed by atoms with Crippen LogP contribution in [0, 0.1) is 11.8 Å². The van der Waals surface area contributed by atoms with E-state index in [0.717, 1.165) is 24.0 Å². The van der Waals surface area contributed by atoms with Gasteiger partial charge in [0.1, 0.15) is 6.29 Å². The fourth-order valence-corrected chi connectivity index (χ4v) is 2.86. The van der Waals surface area contributed by atoms with Crippen molar-refractivity contribution in [2.75, 3.05) is 4.90 Å².